The molecule has 0 saturated heterocycles. The minimum Gasteiger partial charge on any atom is -0.508 e. The zero-order valence-electron chi connectivity index (χ0n) is 10.7. The molecule has 98 valence electrons. The normalized spacial score (nSPS) is 12.0. The Morgan fingerprint density at radius 2 is 1.95 bits per heavy atom. The molecule has 3 N–H and O–H groups in total. The van der Waals surface area contributed by atoms with Crippen LogP contribution in [0.3, 0.4) is 0 Å². The van der Waals surface area contributed by atoms with E-state index in [1.807, 2.05) is 42.5 Å². The lowest BCUT2D eigenvalue weighted by Crippen LogP contribution is -1.94. The molecule has 0 radical (unpaired) electrons. The van der Waals surface area contributed by atoms with Crippen molar-refractivity contribution in [3.63, 3.8) is 0 Å². The van der Waals surface area contributed by atoms with Gasteiger partial charge in [-0.15, -0.1) is 0 Å². The summed E-state index contributed by atoms with van der Waals surface area (Å²) in [4.78, 5) is 0. The highest BCUT2D eigenvalue weighted by atomic mass is 16.3. The van der Waals surface area contributed by atoms with E-state index in [1.165, 1.54) is 0 Å². The van der Waals surface area contributed by atoms with Crippen molar-refractivity contribution in [3.05, 3.63) is 59.7 Å². The van der Waals surface area contributed by atoms with Crippen LogP contribution >= 0.6 is 0 Å². The van der Waals surface area contributed by atoms with Crippen LogP contribution in [0.25, 0.3) is 11.3 Å². The molecule has 0 spiro atoms. The lowest BCUT2D eigenvalue weighted by Gasteiger charge is -2.04. The SMILES string of the molecule is Oc1ccc2c(c1)Cc1c(Nc3ccccc3)n[nH]c1-2. The fourth-order valence-electron chi connectivity index (χ4n) is 2.68. The Kier molecular flexibility index (Phi) is 2.29. The largest absolute Gasteiger partial charge is 0.508 e. The minimum atomic E-state index is 0.305. The number of anilines is 2. The summed E-state index contributed by atoms with van der Waals surface area (Å²) in [5, 5.41) is 20.3. The van der Waals surface area contributed by atoms with Gasteiger partial charge in [0.25, 0.3) is 0 Å². The standard InChI is InChI=1S/C16H13N3O/c20-12-6-7-13-10(8-12)9-14-15(13)18-19-16(14)17-11-4-2-1-3-5-11/h1-8,20H,9H2,(H2,17,18,19). The Labute approximate surface area is 116 Å². The molecule has 2 aromatic carbocycles. The van der Waals surface area contributed by atoms with E-state index in [4.69, 9.17) is 0 Å². The van der Waals surface area contributed by atoms with E-state index in [-0.39, 0.29) is 0 Å². The van der Waals surface area contributed by atoms with E-state index in [0.717, 1.165) is 40.3 Å². The van der Waals surface area contributed by atoms with Crippen molar-refractivity contribution in [2.75, 3.05) is 5.32 Å². The Hall–Kier alpha value is -2.75. The fourth-order valence-corrected chi connectivity index (χ4v) is 2.68. The Morgan fingerprint density at radius 1 is 1.10 bits per heavy atom. The number of phenols is 1. The van der Waals surface area contributed by atoms with Gasteiger partial charge in [0.1, 0.15) is 5.75 Å². The number of hydrogen-bond donors (Lipinski definition) is 3. The molecule has 1 aliphatic carbocycles. The van der Waals surface area contributed by atoms with Gasteiger partial charge >= 0.3 is 0 Å². The first kappa shape index (κ1) is 11.1. The number of aromatic amines is 1. The smallest absolute Gasteiger partial charge is 0.156 e. The maximum atomic E-state index is 9.58. The Balaban J connectivity index is 1.72. The van der Waals surface area contributed by atoms with Crippen molar-refractivity contribution in [1.29, 1.82) is 0 Å². The number of nitrogens with one attached hydrogen (secondary N) is 2. The van der Waals surface area contributed by atoms with Gasteiger partial charge in [-0.1, -0.05) is 18.2 Å². The second kappa shape index (κ2) is 4.13. The van der Waals surface area contributed by atoms with Gasteiger partial charge in [-0.25, -0.2) is 0 Å². The van der Waals surface area contributed by atoms with E-state index in [0.29, 0.717) is 5.75 Å². The van der Waals surface area contributed by atoms with Crippen molar-refractivity contribution >= 4 is 11.5 Å². The molecular weight excluding hydrogens is 250 g/mol. The second-order valence-electron chi connectivity index (χ2n) is 4.94. The molecule has 4 heteroatoms. The maximum Gasteiger partial charge on any atom is 0.156 e. The van der Waals surface area contributed by atoms with Crippen LogP contribution in [-0.4, -0.2) is 15.3 Å². The monoisotopic (exact) mass is 263 g/mol. The van der Waals surface area contributed by atoms with Gasteiger partial charge in [-0.2, -0.15) is 5.10 Å². The number of aromatic nitrogens is 2. The third-order valence-corrected chi connectivity index (χ3v) is 3.63. The van der Waals surface area contributed by atoms with Crippen molar-refractivity contribution in [1.82, 2.24) is 10.2 Å². The van der Waals surface area contributed by atoms with Gasteiger partial charge in [0.05, 0.1) is 5.69 Å². The molecule has 0 amide bonds. The average molecular weight is 263 g/mol. The molecule has 20 heavy (non-hydrogen) atoms. The molecular formula is C16H13N3O. The van der Waals surface area contributed by atoms with Gasteiger partial charge < -0.3 is 10.4 Å². The molecule has 4 rings (SSSR count). The minimum absolute atomic E-state index is 0.305. The number of phenolic OH excluding ortho intramolecular Hbond substituents is 1. The van der Waals surface area contributed by atoms with Crippen LogP contribution in [-0.2, 0) is 6.42 Å². The topological polar surface area (TPSA) is 60.9 Å². The molecule has 1 aliphatic rings. The van der Waals surface area contributed by atoms with E-state index in [2.05, 4.69) is 15.5 Å². The van der Waals surface area contributed by atoms with Crippen LogP contribution < -0.4 is 5.32 Å². The maximum absolute atomic E-state index is 9.58. The highest BCUT2D eigenvalue weighted by Gasteiger charge is 2.24. The van der Waals surface area contributed by atoms with Gasteiger partial charge in [0.2, 0.25) is 0 Å². The molecule has 3 aromatic rings. The summed E-state index contributed by atoms with van der Waals surface area (Å²) in [5.41, 5.74) is 5.45. The van der Waals surface area contributed by atoms with Crippen molar-refractivity contribution in [2.24, 2.45) is 0 Å². The lowest BCUT2D eigenvalue weighted by molar-refractivity contribution is 0.475. The third-order valence-electron chi connectivity index (χ3n) is 3.63. The summed E-state index contributed by atoms with van der Waals surface area (Å²) in [6.45, 7) is 0. The fraction of sp³-hybridized carbons (Fsp3) is 0.0625. The molecule has 4 nitrogen and oxygen atoms in total. The second-order valence-corrected chi connectivity index (χ2v) is 4.94. The zero-order valence-corrected chi connectivity index (χ0v) is 10.7. The quantitative estimate of drug-likeness (QED) is 0.519. The van der Waals surface area contributed by atoms with Crippen molar-refractivity contribution < 1.29 is 5.11 Å². The molecule has 0 fully saturated rings. The Morgan fingerprint density at radius 3 is 2.80 bits per heavy atom. The predicted molar refractivity (Wildman–Crippen MR) is 78.2 cm³/mol. The van der Waals surface area contributed by atoms with E-state index in [9.17, 15) is 5.11 Å². The highest BCUT2D eigenvalue weighted by molar-refractivity contribution is 5.80. The van der Waals surface area contributed by atoms with Crippen LogP contribution in [0.4, 0.5) is 11.5 Å². The van der Waals surface area contributed by atoms with Gasteiger partial charge in [-0.3, -0.25) is 5.10 Å². The Bertz CT molecular complexity index is 778. The first-order chi connectivity index (χ1) is 9.81. The average Bonchev–Trinajstić information content (AvgIpc) is 2.99. The molecule has 0 aliphatic heterocycles. The van der Waals surface area contributed by atoms with Gasteiger partial charge in [-0.05, 0) is 35.9 Å². The summed E-state index contributed by atoms with van der Waals surface area (Å²) in [6, 6.07) is 15.4. The summed E-state index contributed by atoms with van der Waals surface area (Å²) < 4.78 is 0. The molecule has 0 unspecified atom stereocenters. The molecule has 1 heterocycles. The number of aromatic hydroxyl groups is 1. The van der Waals surface area contributed by atoms with Crippen LogP contribution in [0.1, 0.15) is 11.1 Å². The lowest BCUT2D eigenvalue weighted by atomic mass is 10.1. The van der Waals surface area contributed by atoms with Crippen LogP contribution in [0.2, 0.25) is 0 Å². The van der Waals surface area contributed by atoms with Crippen molar-refractivity contribution in [3.8, 4) is 17.0 Å². The number of benzene rings is 2. The summed E-state index contributed by atoms with van der Waals surface area (Å²) >= 11 is 0. The van der Waals surface area contributed by atoms with E-state index in [1.54, 1.807) is 6.07 Å². The first-order valence-electron chi connectivity index (χ1n) is 6.53. The van der Waals surface area contributed by atoms with E-state index < -0.39 is 0 Å². The number of nitrogens with zero attached hydrogens (tertiary/aromatic N) is 1. The van der Waals surface area contributed by atoms with Crippen molar-refractivity contribution in [2.45, 2.75) is 6.42 Å². The molecule has 0 bridgehead atoms. The number of hydrogen-bond acceptors (Lipinski definition) is 3. The number of fused-ring (bicyclic) bond motifs is 3. The van der Waals surface area contributed by atoms with Gasteiger partial charge in [0.15, 0.2) is 5.82 Å². The first-order valence-corrected chi connectivity index (χ1v) is 6.53. The number of para-hydroxylation sites is 1. The third kappa shape index (κ3) is 1.66. The van der Waals surface area contributed by atoms with Crippen LogP contribution in [0.15, 0.2) is 48.5 Å². The summed E-state index contributed by atoms with van der Waals surface area (Å²) in [6.07, 6.45) is 0.782. The van der Waals surface area contributed by atoms with E-state index >= 15 is 0 Å². The van der Waals surface area contributed by atoms with Crippen LogP contribution in [0, 0.1) is 0 Å². The molecule has 0 atom stereocenters. The summed E-state index contributed by atoms with van der Waals surface area (Å²) in [5.74, 6) is 1.15. The molecule has 1 aromatic heterocycles. The zero-order chi connectivity index (χ0) is 13.5. The van der Waals surface area contributed by atoms with Gasteiger partial charge in [0, 0.05) is 23.2 Å². The molecule has 0 saturated carbocycles. The number of rotatable bonds is 2. The predicted octanol–water partition coefficient (Wildman–Crippen LogP) is 3.43. The van der Waals surface area contributed by atoms with Crippen LogP contribution in [0.5, 0.6) is 5.75 Å². The number of H-pyrrole nitrogens is 1. The highest BCUT2D eigenvalue weighted by Crippen LogP contribution is 2.40. The summed E-state index contributed by atoms with van der Waals surface area (Å²) in [7, 11) is 0.